The number of ether oxygens (including phenoxy) is 1. The maximum Gasteiger partial charge on any atom is 0.257 e. The first-order valence-electron chi connectivity index (χ1n) is 9.35. The summed E-state index contributed by atoms with van der Waals surface area (Å²) in [7, 11) is 1.58. The third kappa shape index (κ3) is 3.00. The van der Waals surface area contributed by atoms with E-state index in [0.717, 1.165) is 32.4 Å². The molecule has 0 N–H and O–H groups in total. The molecule has 2 saturated heterocycles. The fourth-order valence-electron chi connectivity index (χ4n) is 4.35. The molecule has 1 aromatic rings. The van der Waals surface area contributed by atoms with Crippen LogP contribution >= 0.6 is 0 Å². The van der Waals surface area contributed by atoms with Crippen molar-refractivity contribution in [2.75, 3.05) is 33.3 Å². The quantitative estimate of drug-likeness (QED) is 0.845. The van der Waals surface area contributed by atoms with Crippen LogP contribution in [-0.4, -0.2) is 54.9 Å². The molecule has 2 heterocycles. The molecule has 0 radical (unpaired) electrons. The normalized spacial score (nSPS) is 26.4. The number of amides is 2. The maximum absolute atomic E-state index is 13.1. The number of carbonyl (C=O) groups excluding carboxylic acids is 2. The van der Waals surface area contributed by atoms with E-state index in [4.69, 9.17) is 4.74 Å². The van der Waals surface area contributed by atoms with E-state index < -0.39 is 0 Å². The van der Waals surface area contributed by atoms with Gasteiger partial charge in [0.2, 0.25) is 5.91 Å². The zero-order chi connectivity index (χ0) is 17.4. The summed E-state index contributed by atoms with van der Waals surface area (Å²) < 4.78 is 5.33. The number of nitrogens with zero attached hydrogens (tertiary/aromatic N) is 2. The third-order valence-corrected chi connectivity index (χ3v) is 5.98. The molecular formula is C20H26N2O3. The standard InChI is InChI=1S/C20H26N2O3/c1-25-17-6-3-2-5-16(17)18(23)22-12-10-20(14-22)9-4-11-21(19(20)24)13-15-7-8-15/h2-3,5-6,15H,4,7-14H2,1H3/t20-/m0/s1. The fourth-order valence-corrected chi connectivity index (χ4v) is 4.35. The van der Waals surface area contributed by atoms with E-state index in [2.05, 4.69) is 4.90 Å². The largest absolute Gasteiger partial charge is 0.496 e. The lowest BCUT2D eigenvalue weighted by atomic mass is 9.78. The van der Waals surface area contributed by atoms with Gasteiger partial charge in [0.25, 0.3) is 5.91 Å². The average Bonchev–Trinajstić information content (AvgIpc) is 3.36. The number of hydrogen-bond acceptors (Lipinski definition) is 3. The van der Waals surface area contributed by atoms with Crippen LogP contribution in [0.3, 0.4) is 0 Å². The molecule has 25 heavy (non-hydrogen) atoms. The summed E-state index contributed by atoms with van der Waals surface area (Å²) in [4.78, 5) is 30.0. The molecular weight excluding hydrogens is 316 g/mol. The number of para-hydroxylation sites is 1. The first kappa shape index (κ1) is 16.4. The Labute approximate surface area is 148 Å². The predicted octanol–water partition coefficient (Wildman–Crippen LogP) is 2.56. The molecule has 1 aromatic carbocycles. The van der Waals surface area contributed by atoms with Crippen LogP contribution in [-0.2, 0) is 4.79 Å². The van der Waals surface area contributed by atoms with Crippen LogP contribution < -0.4 is 4.74 Å². The van der Waals surface area contributed by atoms with E-state index in [1.165, 1.54) is 12.8 Å². The molecule has 5 heteroatoms. The van der Waals surface area contributed by atoms with Crippen LogP contribution in [0.5, 0.6) is 5.75 Å². The van der Waals surface area contributed by atoms with Crippen molar-refractivity contribution in [2.24, 2.45) is 11.3 Å². The van der Waals surface area contributed by atoms with Crippen molar-refractivity contribution >= 4 is 11.8 Å². The monoisotopic (exact) mass is 342 g/mol. The maximum atomic E-state index is 13.1. The molecule has 0 bridgehead atoms. The second-order valence-corrected chi connectivity index (χ2v) is 7.76. The number of carbonyl (C=O) groups is 2. The Hall–Kier alpha value is -2.04. The topological polar surface area (TPSA) is 49.9 Å². The highest BCUT2D eigenvalue weighted by atomic mass is 16.5. The van der Waals surface area contributed by atoms with Gasteiger partial charge in [0.05, 0.1) is 18.1 Å². The van der Waals surface area contributed by atoms with Gasteiger partial charge in [0.15, 0.2) is 0 Å². The molecule has 2 aliphatic heterocycles. The SMILES string of the molecule is COc1ccccc1C(=O)N1CC[C@@]2(CCCN(CC3CC3)C2=O)C1. The van der Waals surface area contributed by atoms with Gasteiger partial charge in [-0.15, -0.1) is 0 Å². The Kier molecular flexibility index (Phi) is 4.18. The number of hydrogen-bond donors (Lipinski definition) is 0. The summed E-state index contributed by atoms with van der Waals surface area (Å²) in [6.07, 6.45) is 5.26. The zero-order valence-electron chi connectivity index (χ0n) is 14.9. The summed E-state index contributed by atoms with van der Waals surface area (Å²) >= 11 is 0. The van der Waals surface area contributed by atoms with Crippen molar-refractivity contribution in [2.45, 2.75) is 32.1 Å². The van der Waals surface area contributed by atoms with Crippen molar-refractivity contribution in [3.63, 3.8) is 0 Å². The Morgan fingerprint density at radius 2 is 2.04 bits per heavy atom. The highest BCUT2D eigenvalue weighted by Gasteiger charge is 2.50. The lowest BCUT2D eigenvalue weighted by Gasteiger charge is -2.39. The first-order valence-corrected chi connectivity index (χ1v) is 9.35. The number of benzene rings is 1. The molecule has 4 rings (SSSR count). The van der Waals surface area contributed by atoms with Crippen LogP contribution in [0.1, 0.15) is 42.5 Å². The van der Waals surface area contributed by atoms with Crippen LogP contribution in [0.2, 0.25) is 0 Å². The van der Waals surface area contributed by atoms with Crippen LogP contribution in [0.4, 0.5) is 0 Å². The van der Waals surface area contributed by atoms with E-state index in [0.29, 0.717) is 30.3 Å². The van der Waals surface area contributed by atoms with E-state index in [9.17, 15) is 9.59 Å². The Bertz CT molecular complexity index is 685. The second kappa shape index (κ2) is 6.36. The van der Waals surface area contributed by atoms with Crippen molar-refractivity contribution in [3.05, 3.63) is 29.8 Å². The minimum atomic E-state index is -0.356. The van der Waals surface area contributed by atoms with Crippen LogP contribution in [0.25, 0.3) is 0 Å². The summed E-state index contributed by atoms with van der Waals surface area (Å²) in [5, 5.41) is 0. The minimum Gasteiger partial charge on any atom is -0.496 e. The fraction of sp³-hybridized carbons (Fsp3) is 0.600. The average molecular weight is 342 g/mol. The molecule has 1 aliphatic carbocycles. The van der Waals surface area contributed by atoms with Gasteiger partial charge in [0, 0.05) is 26.2 Å². The van der Waals surface area contributed by atoms with Gasteiger partial charge in [-0.3, -0.25) is 9.59 Å². The van der Waals surface area contributed by atoms with Gasteiger partial charge >= 0.3 is 0 Å². The van der Waals surface area contributed by atoms with E-state index in [-0.39, 0.29) is 17.2 Å². The highest BCUT2D eigenvalue weighted by molar-refractivity contribution is 5.98. The van der Waals surface area contributed by atoms with Gasteiger partial charge in [0.1, 0.15) is 5.75 Å². The van der Waals surface area contributed by atoms with Crippen molar-refractivity contribution in [3.8, 4) is 5.75 Å². The number of methoxy groups -OCH3 is 1. The molecule has 0 aromatic heterocycles. The van der Waals surface area contributed by atoms with Crippen molar-refractivity contribution < 1.29 is 14.3 Å². The van der Waals surface area contributed by atoms with E-state index in [1.54, 1.807) is 13.2 Å². The van der Waals surface area contributed by atoms with Gasteiger partial charge in [-0.05, 0) is 50.2 Å². The third-order valence-electron chi connectivity index (χ3n) is 5.98. The number of rotatable bonds is 4. The summed E-state index contributed by atoms with van der Waals surface area (Å²) in [5.41, 5.74) is 0.227. The molecule has 2 amide bonds. The lowest BCUT2D eigenvalue weighted by Crippen LogP contribution is -2.50. The van der Waals surface area contributed by atoms with E-state index in [1.807, 2.05) is 23.1 Å². The Balaban J connectivity index is 1.50. The van der Waals surface area contributed by atoms with Gasteiger partial charge in [-0.25, -0.2) is 0 Å². The molecule has 1 saturated carbocycles. The van der Waals surface area contributed by atoms with Gasteiger partial charge < -0.3 is 14.5 Å². The predicted molar refractivity (Wildman–Crippen MR) is 94.5 cm³/mol. The molecule has 1 spiro atoms. The Morgan fingerprint density at radius 3 is 2.80 bits per heavy atom. The highest BCUT2D eigenvalue weighted by Crippen LogP contribution is 2.42. The molecule has 0 unspecified atom stereocenters. The number of piperidine rings is 1. The smallest absolute Gasteiger partial charge is 0.257 e. The first-order chi connectivity index (χ1) is 12.1. The summed E-state index contributed by atoms with van der Waals surface area (Å²) in [5.74, 6) is 1.56. The van der Waals surface area contributed by atoms with E-state index >= 15 is 0 Å². The van der Waals surface area contributed by atoms with Crippen LogP contribution in [0, 0.1) is 11.3 Å². The minimum absolute atomic E-state index is 0.0264. The van der Waals surface area contributed by atoms with Crippen molar-refractivity contribution in [1.29, 1.82) is 0 Å². The van der Waals surface area contributed by atoms with Gasteiger partial charge in [-0.1, -0.05) is 12.1 Å². The second-order valence-electron chi connectivity index (χ2n) is 7.76. The molecule has 134 valence electrons. The van der Waals surface area contributed by atoms with Crippen LogP contribution in [0.15, 0.2) is 24.3 Å². The lowest BCUT2D eigenvalue weighted by molar-refractivity contribution is -0.145. The molecule has 3 aliphatic rings. The zero-order valence-corrected chi connectivity index (χ0v) is 14.9. The molecule has 5 nitrogen and oxygen atoms in total. The summed E-state index contributed by atoms with van der Waals surface area (Å²) in [6, 6.07) is 7.32. The Morgan fingerprint density at radius 1 is 1.24 bits per heavy atom. The molecule has 1 atom stereocenters. The summed E-state index contributed by atoms with van der Waals surface area (Å²) in [6.45, 7) is 3.00. The number of likely N-dealkylation sites (tertiary alicyclic amines) is 2. The molecule has 3 fully saturated rings. The van der Waals surface area contributed by atoms with Gasteiger partial charge in [-0.2, -0.15) is 0 Å². The van der Waals surface area contributed by atoms with Crippen molar-refractivity contribution in [1.82, 2.24) is 9.80 Å².